The first-order valence-electron chi connectivity index (χ1n) is 9.15. The third kappa shape index (κ3) is 5.32. The average molecular weight is 371 g/mol. The summed E-state index contributed by atoms with van der Waals surface area (Å²) in [7, 11) is 5.46. The summed E-state index contributed by atoms with van der Waals surface area (Å²) in [4.78, 5) is 18.2. The van der Waals surface area contributed by atoms with Crippen LogP contribution in [0.25, 0.3) is 0 Å². The Labute approximate surface area is 161 Å². The van der Waals surface area contributed by atoms with Crippen LogP contribution in [-0.2, 0) is 20.1 Å². The number of hydrogen-bond donors (Lipinski definition) is 2. The van der Waals surface area contributed by atoms with Gasteiger partial charge < -0.3 is 15.5 Å². The van der Waals surface area contributed by atoms with Crippen LogP contribution in [0.2, 0.25) is 0 Å². The molecule has 146 valence electrons. The van der Waals surface area contributed by atoms with E-state index in [4.69, 9.17) is 0 Å². The zero-order chi connectivity index (χ0) is 20.0. The number of aliphatic imine (C=N–C) groups is 1. The lowest BCUT2D eigenvalue weighted by atomic mass is 10.1. The second-order valence-electron chi connectivity index (χ2n) is 6.72. The first-order chi connectivity index (χ1) is 12.8. The molecule has 1 aromatic carbocycles. The third-order valence-electron chi connectivity index (χ3n) is 4.46. The number of nitrogens with one attached hydrogen (secondary N) is 2. The van der Waals surface area contributed by atoms with E-state index < -0.39 is 0 Å². The number of hydrogen-bond acceptors (Lipinski definition) is 3. The van der Waals surface area contributed by atoms with Crippen molar-refractivity contribution in [3.05, 3.63) is 52.3 Å². The molecule has 2 N–H and O–H groups in total. The van der Waals surface area contributed by atoms with Gasteiger partial charge in [-0.2, -0.15) is 5.10 Å². The second-order valence-corrected chi connectivity index (χ2v) is 6.72. The number of amides is 1. The quantitative estimate of drug-likeness (QED) is 0.602. The Bertz CT molecular complexity index is 805. The van der Waals surface area contributed by atoms with E-state index in [2.05, 4.69) is 27.6 Å². The summed E-state index contributed by atoms with van der Waals surface area (Å²) < 4.78 is 1.90. The van der Waals surface area contributed by atoms with Crippen molar-refractivity contribution >= 4 is 11.9 Å². The number of carbonyl (C=O) groups excluding carboxylic acids is 1. The Balaban J connectivity index is 2.03. The standard InChI is InChI=1S/C20H30N6O/c1-7-21-20(23-13-18-14(2)24-26(6)15(18)3)22-12-16-8-10-17(11-9-16)19(27)25(4)5/h8-11H,7,12-13H2,1-6H3,(H2,21,22,23). The van der Waals surface area contributed by atoms with Crippen LogP contribution in [0.4, 0.5) is 0 Å². The first-order valence-corrected chi connectivity index (χ1v) is 9.15. The maximum Gasteiger partial charge on any atom is 0.253 e. The summed E-state index contributed by atoms with van der Waals surface area (Å²) in [5, 5.41) is 11.1. The molecule has 27 heavy (non-hydrogen) atoms. The van der Waals surface area contributed by atoms with Crippen molar-refractivity contribution in [2.24, 2.45) is 12.0 Å². The van der Waals surface area contributed by atoms with Crippen molar-refractivity contribution in [1.82, 2.24) is 25.3 Å². The van der Waals surface area contributed by atoms with E-state index in [9.17, 15) is 4.79 Å². The molecule has 1 aromatic heterocycles. The van der Waals surface area contributed by atoms with Gasteiger partial charge in [-0.3, -0.25) is 9.48 Å². The molecule has 1 amide bonds. The predicted molar refractivity (Wildman–Crippen MR) is 109 cm³/mol. The molecule has 0 aliphatic rings. The van der Waals surface area contributed by atoms with Gasteiger partial charge in [0.1, 0.15) is 0 Å². The van der Waals surface area contributed by atoms with Gasteiger partial charge in [0.25, 0.3) is 5.91 Å². The van der Waals surface area contributed by atoms with E-state index in [1.807, 2.05) is 49.8 Å². The molecule has 0 saturated carbocycles. The van der Waals surface area contributed by atoms with Crippen LogP contribution >= 0.6 is 0 Å². The average Bonchev–Trinajstić information content (AvgIpc) is 2.89. The zero-order valence-corrected chi connectivity index (χ0v) is 17.1. The highest BCUT2D eigenvalue weighted by Gasteiger charge is 2.10. The van der Waals surface area contributed by atoms with E-state index in [1.165, 1.54) is 5.56 Å². The smallest absolute Gasteiger partial charge is 0.253 e. The van der Waals surface area contributed by atoms with E-state index in [1.54, 1.807) is 19.0 Å². The highest BCUT2D eigenvalue weighted by molar-refractivity contribution is 5.93. The van der Waals surface area contributed by atoms with Gasteiger partial charge in [-0.05, 0) is 38.5 Å². The van der Waals surface area contributed by atoms with Crippen molar-refractivity contribution in [3.8, 4) is 0 Å². The van der Waals surface area contributed by atoms with Crippen molar-refractivity contribution < 1.29 is 4.79 Å². The summed E-state index contributed by atoms with van der Waals surface area (Å²) in [5.41, 5.74) is 5.10. The first kappa shape index (κ1) is 20.5. The molecule has 0 saturated heterocycles. The fourth-order valence-electron chi connectivity index (χ4n) is 2.77. The highest BCUT2D eigenvalue weighted by Crippen LogP contribution is 2.11. The Morgan fingerprint density at radius 1 is 1.19 bits per heavy atom. The molecule has 0 aliphatic carbocycles. The van der Waals surface area contributed by atoms with E-state index >= 15 is 0 Å². The van der Waals surface area contributed by atoms with Crippen LogP contribution in [0, 0.1) is 13.8 Å². The molecule has 0 unspecified atom stereocenters. The number of aryl methyl sites for hydroxylation is 2. The second kappa shape index (κ2) is 9.21. The van der Waals surface area contributed by atoms with Crippen molar-refractivity contribution in [1.29, 1.82) is 0 Å². The fourth-order valence-corrected chi connectivity index (χ4v) is 2.77. The Morgan fingerprint density at radius 3 is 2.37 bits per heavy atom. The van der Waals surface area contributed by atoms with Gasteiger partial charge in [-0.1, -0.05) is 12.1 Å². The number of rotatable bonds is 6. The molecule has 7 nitrogen and oxygen atoms in total. The van der Waals surface area contributed by atoms with E-state index in [0.717, 1.165) is 29.5 Å². The minimum absolute atomic E-state index is 0.00210. The molecule has 0 bridgehead atoms. The van der Waals surface area contributed by atoms with Crippen molar-refractivity contribution in [2.75, 3.05) is 20.6 Å². The summed E-state index contributed by atoms with van der Waals surface area (Å²) in [6.07, 6.45) is 0. The molecule has 1 heterocycles. The minimum Gasteiger partial charge on any atom is -0.357 e. The maximum atomic E-state index is 12.0. The largest absolute Gasteiger partial charge is 0.357 e. The summed E-state index contributed by atoms with van der Waals surface area (Å²) in [6.45, 7) is 8.12. The van der Waals surface area contributed by atoms with Crippen LogP contribution in [0.5, 0.6) is 0 Å². The highest BCUT2D eigenvalue weighted by atomic mass is 16.2. The summed E-state index contributed by atoms with van der Waals surface area (Å²) >= 11 is 0. The molecule has 2 rings (SSSR count). The number of benzene rings is 1. The molecular formula is C20H30N6O. The van der Waals surface area contributed by atoms with E-state index in [-0.39, 0.29) is 5.91 Å². The molecular weight excluding hydrogens is 340 g/mol. The van der Waals surface area contributed by atoms with Crippen molar-refractivity contribution in [2.45, 2.75) is 33.9 Å². The fraction of sp³-hybridized carbons (Fsp3) is 0.450. The predicted octanol–water partition coefficient (Wildman–Crippen LogP) is 1.99. The Hall–Kier alpha value is -2.83. The SMILES string of the molecule is CCNC(=NCc1ccc(C(=O)N(C)C)cc1)NCc1c(C)nn(C)c1C. The molecule has 0 spiro atoms. The lowest BCUT2D eigenvalue weighted by Gasteiger charge is -2.12. The van der Waals surface area contributed by atoms with Gasteiger partial charge in [0.2, 0.25) is 0 Å². The van der Waals surface area contributed by atoms with Gasteiger partial charge in [-0.25, -0.2) is 4.99 Å². The number of guanidine groups is 1. The molecule has 7 heteroatoms. The normalized spacial score (nSPS) is 11.4. The zero-order valence-electron chi connectivity index (χ0n) is 17.1. The third-order valence-corrected chi connectivity index (χ3v) is 4.46. The van der Waals surface area contributed by atoms with Crippen LogP contribution in [0.3, 0.4) is 0 Å². The molecule has 0 aliphatic heterocycles. The van der Waals surface area contributed by atoms with Crippen LogP contribution in [0.1, 0.15) is 39.8 Å². The van der Waals surface area contributed by atoms with Gasteiger partial charge >= 0.3 is 0 Å². The molecule has 0 atom stereocenters. The topological polar surface area (TPSA) is 74.6 Å². The number of nitrogens with zero attached hydrogens (tertiary/aromatic N) is 4. The van der Waals surface area contributed by atoms with Crippen LogP contribution in [0.15, 0.2) is 29.3 Å². The van der Waals surface area contributed by atoms with Gasteiger partial charge in [0.05, 0.1) is 12.2 Å². The monoisotopic (exact) mass is 370 g/mol. The molecule has 0 radical (unpaired) electrons. The Morgan fingerprint density at radius 2 is 1.85 bits per heavy atom. The van der Waals surface area contributed by atoms with Gasteiger partial charge in [0, 0.05) is 51.1 Å². The number of aromatic nitrogens is 2. The van der Waals surface area contributed by atoms with Crippen LogP contribution < -0.4 is 10.6 Å². The maximum absolute atomic E-state index is 12.0. The molecule has 0 fully saturated rings. The lowest BCUT2D eigenvalue weighted by Crippen LogP contribution is -2.37. The number of carbonyl (C=O) groups is 1. The minimum atomic E-state index is 0.00210. The molecule has 2 aromatic rings. The van der Waals surface area contributed by atoms with Crippen molar-refractivity contribution in [3.63, 3.8) is 0 Å². The summed E-state index contributed by atoms with van der Waals surface area (Å²) in [5.74, 6) is 0.760. The Kier molecular flexibility index (Phi) is 6.98. The summed E-state index contributed by atoms with van der Waals surface area (Å²) in [6, 6.07) is 7.57. The lowest BCUT2D eigenvalue weighted by molar-refractivity contribution is 0.0827. The van der Waals surface area contributed by atoms with Gasteiger partial charge in [0.15, 0.2) is 5.96 Å². The van der Waals surface area contributed by atoms with Crippen LogP contribution in [-0.4, -0.2) is 47.2 Å². The van der Waals surface area contributed by atoms with Gasteiger partial charge in [-0.15, -0.1) is 0 Å². The van der Waals surface area contributed by atoms with E-state index in [0.29, 0.717) is 18.7 Å².